The number of hydrogen-bond acceptors (Lipinski definition) is 4. The van der Waals surface area contributed by atoms with Crippen LogP contribution in [0.15, 0.2) is 42.7 Å². The minimum absolute atomic E-state index is 0.00180. The van der Waals surface area contributed by atoms with Gasteiger partial charge in [-0.2, -0.15) is 5.10 Å². The summed E-state index contributed by atoms with van der Waals surface area (Å²) in [5.74, 6) is -0.0193. The number of amides is 1. The van der Waals surface area contributed by atoms with Gasteiger partial charge in [0.2, 0.25) is 0 Å². The third kappa shape index (κ3) is 2.54. The maximum Gasteiger partial charge on any atom is 0.273 e. The number of likely N-dealkylation sites (tertiary alicyclic amines) is 1. The van der Waals surface area contributed by atoms with Crippen LogP contribution in [-0.2, 0) is 0 Å². The van der Waals surface area contributed by atoms with Crippen molar-refractivity contribution in [2.24, 2.45) is 0 Å². The zero-order valence-corrected chi connectivity index (χ0v) is 13.6. The van der Waals surface area contributed by atoms with E-state index in [4.69, 9.17) is 0 Å². The Bertz CT molecular complexity index is 874. The number of aryl methyl sites for hydroxylation is 1. The van der Waals surface area contributed by atoms with Crippen LogP contribution in [0.2, 0.25) is 0 Å². The first-order valence-electron chi connectivity index (χ1n) is 8.27. The van der Waals surface area contributed by atoms with Gasteiger partial charge in [-0.15, -0.1) is 0 Å². The van der Waals surface area contributed by atoms with Gasteiger partial charge in [-0.1, -0.05) is 6.07 Å². The Morgan fingerprint density at radius 3 is 2.92 bits per heavy atom. The fourth-order valence-electron chi connectivity index (χ4n) is 3.40. The molecule has 0 bridgehead atoms. The van der Waals surface area contributed by atoms with Gasteiger partial charge in [0.25, 0.3) is 5.91 Å². The van der Waals surface area contributed by atoms with E-state index in [1.54, 1.807) is 18.5 Å². The molecule has 0 spiro atoms. The third-order valence-corrected chi connectivity index (χ3v) is 4.50. The first kappa shape index (κ1) is 14.8. The molecule has 1 fully saturated rings. The quantitative estimate of drug-likeness (QED) is 0.728. The molecule has 1 saturated heterocycles. The number of hydrogen-bond donors (Lipinski definition) is 0. The number of aromatic nitrogens is 4. The fraction of sp³-hybridized carbons (Fsp3) is 0.333. The zero-order chi connectivity index (χ0) is 16.5. The second kappa shape index (κ2) is 6.03. The molecule has 1 aliphatic rings. The van der Waals surface area contributed by atoms with Crippen molar-refractivity contribution in [1.29, 1.82) is 0 Å². The summed E-state index contributed by atoms with van der Waals surface area (Å²) in [7, 11) is 0. The van der Waals surface area contributed by atoms with Gasteiger partial charge in [0.05, 0.1) is 17.4 Å². The number of nitrogens with zero attached hydrogens (tertiary/aromatic N) is 5. The molecule has 0 saturated carbocycles. The highest BCUT2D eigenvalue weighted by Crippen LogP contribution is 2.31. The van der Waals surface area contributed by atoms with Gasteiger partial charge in [-0.25, -0.2) is 9.50 Å². The summed E-state index contributed by atoms with van der Waals surface area (Å²) in [6.45, 7) is 2.69. The Morgan fingerprint density at radius 2 is 2.08 bits per heavy atom. The lowest BCUT2D eigenvalue weighted by Gasteiger charge is -2.35. The van der Waals surface area contributed by atoms with Crippen LogP contribution in [0.5, 0.6) is 0 Å². The van der Waals surface area contributed by atoms with Crippen LogP contribution in [0.4, 0.5) is 0 Å². The van der Waals surface area contributed by atoms with E-state index in [2.05, 4.69) is 15.1 Å². The van der Waals surface area contributed by atoms with Crippen LogP contribution in [0.25, 0.3) is 5.65 Å². The molecule has 0 radical (unpaired) electrons. The van der Waals surface area contributed by atoms with Gasteiger partial charge in [0.1, 0.15) is 5.69 Å². The smallest absolute Gasteiger partial charge is 0.273 e. The van der Waals surface area contributed by atoms with Crippen LogP contribution in [0.1, 0.15) is 47.2 Å². The minimum Gasteiger partial charge on any atom is -0.329 e. The molecule has 0 aromatic carbocycles. The van der Waals surface area contributed by atoms with Crippen molar-refractivity contribution in [2.75, 3.05) is 6.54 Å². The molecule has 4 rings (SSSR count). The molecule has 1 unspecified atom stereocenters. The molecule has 0 aliphatic carbocycles. The lowest BCUT2D eigenvalue weighted by Crippen LogP contribution is -2.39. The van der Waals surface area contributed by atoms with E-state index in [9.17, 15) is 4.79 Å². The lowest BCUT2D eigenvalue weighted by molar-refractivity contribution is 0.0597. The van der Waals surface area contributed by atoms with Crippen LogP contribution in [-0.4, -0.2) is 36.9 Å². The second-order valence-corrected chi connectivity index (χ2v) is 6.15. The summed E-state index contributed by atoms with van der Waals surface area (Å²) >= 11 is 0. The van der Waals surface area contributed by atoms with E-state index in [-0.39, 0.29) is 11.9 Å². The van der Waals surface area contributed by atoms with E-state index in [0.29, 0.717) is 5.69 Å². The van der Waals surface area contributed by atoms with Gasteiger partial charge in [-0.3, -0.25) is 9.78 Å². The number of fused-ring (bicyclic) bond motifs is 1. The van der Waals surface area contributed by atoms with Gasteiger partial charge in [0.15, 0.2) is 5.65 Å². The molecule has 3 aromatic rings. The molecular formula is C18H19N5O. The van der Waals surface area contributed by atoms with E-state index in [0.717, 1.165) is 42.8 Å². The van der Waals surface area contributed by atoms with Crippen molar-refractivity contribution < 1.29 is 4.79 Å². The molecule has 1 amide bonds. The predicted molar refractivity (Wildman–Crippen MR) is 89.6 cm³/mol. The standard InChI is InChI=1S/C18H19N5O/c1-13-12-17-20-10-8-16(23(17)21-13)15-7-3-5-11-22(15)18(24)14-6-2-4-9-19-14/h2,4,6,8-10,12,15H,3,5,7,11H2,1H3. The normalized spacial score (nSPS) is 18.0. The van der Waals surface area contributed by atoms with E-state index in [1.165, 1.54) is 0 Å². The fourth-order valence-corrected chi connectivity index (χ4v) is 3.40. The van der Waals surface area contributed by atoms with Gasteiger partial charge < -0.3 is 4.90 Å². The Labute approximate surface area is 140 Å². The number of pyridine rings is 1. The Hall–Kier alpha value is -2.76. The maximum absolute atomic E-state index is 12.9. The number of rotatable bonds is 2. The van der Waals surface area contributed by atoms with E-state index >= 15 is 0 Å². The van der Waals surface area contributed by atoms with Crippen LogP contribution in [0.3, 0.4) is 0 Å². The summed E-state index contributed by atoms with van der Waals surface area (Å²) in [5, 5.41) is 4.56. The minimum atomic E-state index is -0.0193. The van der Waals surface area contributed by atoms with Crippen molar-refractivity contribution in [2.45, 2.75) is 32.2 Å². The molecule has 1 atom stereocenters. The Balaban J connectivity index is 1.75. The molecule has 4 heterocycles. The SMILES string of the molecule is Cc1cc2nccc(C3CCCCN3C(=O)c3ccccn3)n2n1. The molecule has 0 N–H and O–H groups in total. The second-order valence-electron chi connectivity index (χ2n) is 6.15. The summed E-state index contributed by atoms with van der Waals surface area (Å²) in [4.78, 5) is 23.5. The highest BCUT2D eigenvalue weighted by atomic mass is 16.2. The highest BCUT2D eigenvalue weighted by molar-refractivity contribution is 5.92. The van der Waals surface area contributed by atoms with Gasteiger partial charge in [0, 0.05) is 25.0 Å². The molecular weight excluding hydrogens is 302 g/mol. The predicted octanol–water partition coefficient (Wildman–Crippen LogP) is 2.80. The van der Waals surface area contributed by atoms with Crippen molar-refractivity contribution in [3.63, 3.8) is 0 Å². The summed E-state index contributed by atoms with van der Waals surface area (Å²) < 4.78 is 1.87. The van der Waals surface area contributed by atoms with E-state index in [1.807, 2.05) is 40.6 Å². The Kier molecular flexibility index (Phi) is 3.72. The van der Waals surface area contributed by atoms with Gasteiger partial charge in [-0.05, 0) is 44.4 Å². The maximum atomic E-state index is 12.9. The zero-order valence-electron chi connectivity index (χ0n) is 13.6. The summed E-state index contributed by atoms with van der Waals surface area (Å²) in [6.07, 6.45) is 6.50. The topological polar surface area (TPSA) is 63.4 Å². The summed E-state index contributed by atoms with van der Waals surface area (Å²) in [6, 6.07) is 9.36. The highest BCUT2D eigenvalue weighted by Gasteiger charge is 2.31. The number of carbonyl (C=O) groups excluding carboxylic acids is 1. The van der Waals surface area contributed by atoms with Crippen molar-refractivity contribution >= 4 is 11.6 Å². The van der Waals surface area contributed by atoms with Crippen molar-refractivity contribution in [1.82, 2.24) is 24.5 Å². The van der Waals surface area contributed by atoms with E-state index < -0.39 is 0 Å². The largest absolute Gasteiger partial charge is 0.329 e. The molecule has 6 heteroatoms. The average molecular weight is 321 g/mol. The molecule has 24 heavy (non-hydrogen) atoms. The lowest BCUT2D eigenvalue weighted by atomic mass is 9.98. The van der Waals surface area contributed by atoms with Crippen LogP contribution >= 0.6 is 0 Å². The summed E-state index contributed by atoms with van der Waals surface area (Å²) in [5.41, 5.74) is 3.25. The third-order valence-electron chi connectivity index (χ3n) is 4.50. The molecule has 6 nitrogen and oxygen atoms in total. The molecule has 3 aromatic heterocycles. The molecule has 122 valence electrons. The average Bonchev–Trinajstić information content (AvgIpc) is 3.02. The Morgan fingerprint density at radius 1 is 1.17 bits per heavy atom. The van der Waals surface area contributed by atoms with Crippen LogP contribution < -0.4 is 0 Å². The monoisotopic (exact) mass is 321 g/mol. The number of piperidine rings is 1. The van der Waals surface area contributed by atoms with Gasteiger partial charge >= 0.3 is 0 Å². The van der Waals surface area contributed by atoms with Crippen molar-refractivity contribution in [3.05, 3.63) is 59.8 Å². The number of carbonyl (C=O) groups is 1. The molecule has 1 aliphatic heterocycles. The first-order valence-corrected chi connectivity index (χ1v) is 8.27. The van der Waals surface area contributed by atoms with Crippen LogP contribution in [0, 0.1) is 6.92 Å². The van der Waals surface area contributed by atoms with Crippen molar-refractivity contribution in [3.8, 4) is 0 Å². The first-order chi connectivity index (χ1) is 11.7.